The van der Waals surface area contributed by atoms with Crippen molar-refractivity contribution < 1.29 is 15.0 Å². The highest BCUT2D eigenvalue weighted by atomic mass is 32.1. The standard InChI is InChI=1S/C12H18N2O3S/c15-6-4-10-3-1-2-5-14(10)7-9-8-18-11(13-9)12(16)17/h8,10,15H,1-7H2,(H,16,17). The second-order valence-electron chi connectivity index (χ2n) is 4.58. The maximum absolute atomic E-state index is 10.8. The molecule has 2 N–H and O–H groups in total. The predicted molar refractivity (Wildman–Crippen MR) is 68.8 cm³/mol. The lowest BCUT2D eigenvalue weighted by molar-refractivity contribution is 0.0695. The van der Waals surface area contributed by atoms with E-state index >= 15 is 0 Å². The maximum Gasteiger partial charge on any atom is 0.365 e. The molecule has 0 radical (unpaired) electrons. The zero-order chi connectivity index (χ0) is 13.0. The first-order valence-electron chi connectivity index (χ1n) is 6.23. The number of carbonyl (C=O) groups is 1. The average Bonchev–Trinajstić information content (AvgIpc) is 2.81. The lowest BCUT2D eigenvalue weighted by Crippen LogP contribution is -2.39. The SMILES string of the molecule is O=C(O)c1nc(CN2CCCCC2CCO)cs1. The van der Waals surface area contributed by atoms with E-state index in [0.29, 0.717) is 12.6 Å². The Morgan fingerprint density at radius 3 is 3.06 bits per heavy atom. The number of carboxylic acids is 1. The monoisotopic (exact) mass is 270 g/mol. The Labute approximate surface area is 110 Å². The molecule has 0 spiro atoms. The van der Waals surface area contributed by atoms with Gasteiger partial charge in [0, 0.05) is 24.6 Å². The number of rotatable bonds is 5. The summed E-state index contributed by atoms with van der Waals surface area (Å²) in [6.45, 7) is 1.90. The van der Waals surface area contributed by atoms with Crippen LogP contribution < -0.4 is 0 Å². The molecular formula is C12H18N2O3S. The first-order chi connectivity index (χ1) is 8.70. The van der Waals surface area contributed by atoms with Gasteiger partial charge in [-0.3, -0.25) is 4.90 Å². The van der Waals surface area contributed by atoms with Crippen LogP contribution in [0.2, 0.25) is 0 Å². The number of aromatic nitrogens is 1. The van der Waals surface area contributed by atoms with Crippen LogP contribution in [0.25, 0.3) is 0 Å². The summed E-state index contributed by atoms with van der Waals surface area (Å²) in [5.41, 5.74) is 0.822. The Bertz CT molecular complexity index is 406. The second-order valence-corrected chi connectivity index (χ2v) is 5.44. The van der Waals surface area contributed by atoms with E-state index in [0.717, 1.165) is 31.5 Å². The van der Waals surface area contributed by atoms with Crippen molar-refractivity contribution in [1.82, 2.24) is 9.88 Å². The third kappa shape index (κ3) is 3.28. The number of aliphatic hydroxyl groups is 1. The molecule has 1 fully saturated rings. The van der Waals surface area contributed by atoms with E-state index in [2.05, 4.69) is 9.88 Å². The van der Waals surface area contributed by atoms with E-state index in [1.807, 2.05) is 5.38 Å². The minimum atomic E-state index is -0.961. The second kappa shape index (κ2) is 6.26. The molecule has 0 bridgehead atoms. The summed E-state index contributed by atoms with van der Waals surface area (Å²) in [7, 11) is 0. The molecule has 1 aromatic rings. The molecule has 1 saturated heterocycles. The third-order valence-electron chi connectivity index (χ3n) is 3.31. The van der Waals surface area contributed by atoms with Crippen LogP contribution in [0.4, 0.5) is 0 Å². The van der Waals surface area contributed by atoms with E-state index in [4.69, 9.17) is 10.2 Å². The van der Waals surface area contributed by atoms with Gasteiger partial charge in [-0.05, 0) is 25.8 Å². The number of aromatic carboxylic acids is 1. The lowest BCUT2D eigenvalue weighted by atomic mass is 9.99. The molecule has 100 valence electrons. The summed E-state index contributed by atoms with van der Waals surface area (Å²) in [5.74, 6) is -0.961. The third-order valence-corrected chi connectivity index (χ3v) is 4.19. The fraction of sp³-hybridized carbons (Fsp3) is 0.667. The van der Waals surface area contributed by atoms with Crippen molar-refractivity contribution in [2.45, 2.75) is 38.3 Å². The Kier molecular flexibility index (Phi) is 4.68. The highest BCUT2D eigenvalue weighted by Crippen LogP contribution is 2.22. The number of aliphatic hydroxyl groups excluding tert-OH is 1. The zero-order valence-electron chi connectivity index (χ0n) is 10.2. The largest absolute Gasteiger partial charge is 0.476 e. The Morgan fingerprint density at radius 1 is 1.56 bits per heavy atom. The quantitative estimate of drug-likeness (QED) is 0.849. The van der Waals surface area contributed by atoms with E-state index in [-0.39, 0.29) is 11.6 Å². The van der Waals surface area contributed by atoms with Gasteiger partial charge in [0.1, 0.15) is 0 Å². The molecule has 5 nitrogen and oxygen atoms in total. The smallest absolute Gasteiger partial charge is 0.365 e. The Balaban J connectivity index is 1.99. The minimum absolute atomic E-state index is 0.153. The molecule has 0 amide bonds. The maximum atomic E-state index is 10.8. The van der Waals surface area contributed by atoms with Gasteiger partial charge in [-0.1, -0.05) is 6.42 Å². The molecule has 0 saturated carbocycles. The van der Waals surface area contributed by atoms with Gasteiger partial charge >= 0.3 is 5.97 Å². The van der Waals surface area contributed by atoms with Crippen molar-refractivity contribution >= 4 is 17.3 Å². The first-order valence-corrected chi connectivity index (χ1v) is 7.11. The van der Waals surface area contributed by atoms with Gasteiger partial charge in [0.15, 0.2) is 0 Å². The Hall–Kier alpha value is -0.980. The van der Waals surface area contributed by atoms with Crippen molar-refractivity contribution in [1.29, 1.82) is 0 Å². The van der Waals surface area contributed by atoms with Crippen LogP contribution in [-0.2, 0) is 6.54 Å². The minimum Gasteiger partial charge on any atom is -0.476 e. The van der Waals surface area contributed by atoms with E-state index in [1.165, 1.54) is 17.8 Å². The molecule has 1 aliphatic heterocycles. The summed E-state index contributed by atoms with van der Waals surface area (Å²) in [6, 6.07) is 0.402. The van der Waals surface area contributed by atoms with Gasteiger partial charge in [-0.2, -0.15) is 0 Å². The highest BCUT2D eigenvalue weighted by molar-refractivity contribution is 7.11. The highest BCUT2D eigenvalue weighted by Gasteiger charge is 2.23. The molecule has 6 heteroatoms. The number of thiazole rings is 1. The molecule has 0 aliphatic carbocycles. The number of piperidine rings is 1. The van der Waals surface area contributed by atoms with Crippen LogP contribution in [0.1, 0.15) is 41.2 Å². The summed E-state index contributed by atoms with van der Waals surface area (Å²) in [5, 5.41) is 19.9. The number of hydrogen-bond donors (Lipinski definition) is 2. The van der Waals surface area contributed by atoms with Gasteiger partial charge in [0.25, 0.3) is 0 Å². The van der Waals surface area contributed by atoms with Crippen molar-refractivity contribution in [3.8, 4) is 0 Å². The molecule has 1 aromatic heterocycles. The van der Waals surface area contributed by atoms with Crippen LogP contribution in [0, 0.1) is 0 Å². The van der Waals surface area contributed by atoms with Crippen LogP contribution in [0.15, 0.2) is 5.38 Å². The fourth-order valence-electron chi connectivity index (χ4n) is 2.43. The van der Waals surface area contributed by atoms with Gasteiger partial charge < -0.3 is 10.2 Å². The first kappa shape index (κ1) is 13.5. The van der Waals surface area contributed by atoms with E-state index < -0.39 is 5.97 Å². The van der Waals surface area contributed by atoms with Crippen molar-refractivity contribution in [2.24, 2.45) is 0 Å². The number of nitrogens with zero attached hydrogens (tertiary/aromatic N) is 2. The normalized spacial score (nSPS) is 21.1. The summed E-state index contributed by atoms with van der Waals surface area (Å²) >= 11 is 1.17. The fourth-order valence-corrected chi connectivity index (χ4v) is 3.08. The number of hydrogen-bond acceptors (Lipinski definition) is 5. The lowest BCUT2D eigenvalue weighted by Gasteiger charge is -2.34. The van der Waals surface area contributed by atoms with Gasteiger partial charge in [-0.25, -0.2) is 9.78 Å². The molecule has 1 atom stereocenters. The van der Waals surface area contributed by atoms with Crippen LogP contribution in [0.3, 0.4) is 0 Å². The van der Waals surface area contributed by atoms with E-state index in [1.54, 1.807) is 0 Å². The molecular weight excluding hydrogens is 252 g/mol. The summed E-state index contributed by atoms with van der Waals surface area (Å²) in [4.78, 5) is 17.2. The summed E-state index contributed by atoms with van der Waals surface area (Å²) in [6.07, 6.45) is 4.27. The van der Waals surface area contributed by atoms with Gasteiger partial charge in [0.05, 0.1) is 5.69 Å². The molecule has 18 heavy (non-hydrogen) atoms. The number of likely N-dealkylation sites (tertiary alicyclic amines) is 1. The molecule has 0 aromatic carbocycles. The summed E-state index contributed by atoms with van der Waals surface area (Å²) < 4.78 is 0. The van der Waals surface area contributed by atoms with Crippen LogP contribution in [0.5, 0.6) is 0 Å². The average molecular weight is 270 g/mol. The molecule has 1 aliphatic rings. The topological polar surface area (TPSA) is 73.7 Å². The predicted octanol–water partition coefficient (Wildman–Crippen LogP) is 1.58. The number of carboxylic acid groups (broad SMARTS) is 1. The Morgan fingerprint density at radius 2 is 2.39 bits per heavy atom. The van der Waals surface area contributed by atoms with Crippen LogP contribution in [-0.4, -0.2) is 45.3 Å². The zero-order valence-corrected chi connectivity index (χ0v) is 11.0. The van der Waals surface area contributed by atoms with Crippen molar-refractivity contribution in [2.75, 3.05) is 13.2 Å². The van der Waals surface area contributed by atoms with Gasteiger partial charge in [0.2, 0.25) is 5.01 Å². The molecule has 1 unspecified atom stereocenters. The molecule has 2 rings (SSSR count). The van der Waals surface area contributed by atoms with Crippen molar-refractivity contribution in [3.63, 3.8) is 0 Å². The molecule has 2 heterocycles. The van der Waals surface area contributed by atoms with Crippen LogP contribution >= 0.6 is 11.3 Å². The van der Waals surface area contributed by atoms with Gasteiger partial charge in [-0.15, -0.1) is 11.3 Å². The van der Waals surface area contributed by atoms with E-state index in [9.17, 15) is 4.79 Å². The van der Waals surface area contributed by atoms with Crippen molar-refractivity contribution in [3.05, 3.63) is 16.1 Å².